The quantitative estimate of drug-likeness (QED) is 0.477. The summed E-state index contributed by atoms with van der Waals surface area (Å²) in [6.45, 7) is -1.80. The van der Waals surface area contributed by atoms with Crippen LogP contribution in [0.5, 0.6) is 5.88 Å². The maximum Gasteiger partial charge on any atom is 0.435 e. The number of rotatable bonds is 6. The first-order valence-electron chi connectivity index (χ1n) is 6.57. The average molecular weight is 427 g/mol. The molecule has 2 heterocycles. The van der Waals surface area contributed by atoms with Gasteiger partial charge in [0, 0.05) is 19.0 Å². The third kappa shape index (κ3) is 5.22. The van der Waals surface area contributed by atoms with Crippen molar-refractivity contribution in [2.24, 2.45) is 7.05 Å². The van der Waals surface area contributed by atoms with Gasteiger partial charge in [-0.2, -0.15) is 31.4 Å². The molecule has 146 valence electrons. The number of hydrogen-bond donors (Lipinski definition) is 0. The predicted octanol–water partition coefficient (Wildman–Crippen LogP) is 5.07. The van der Waals surface area contributed by atoms with Crippen LogP contribution in [0.3, 0.4) is 0 Å². The zero-order valence-corrected chi connectivity index (χ0v) is 14.3. The number of hydrogen-bond acceptors (Lipinski definition) is 5. The molecular formula is C12H9F8N3OS2. The van der Waals surface area contributed by atoms with Crippen LogP contribution in [0.15, 0.2) is 10.5 Å². The molecule has 4 nitrogen and oxygen atoms in total. The Morgan fingerprint density at radius 2 is 1.88 bits per heavy atom. The first-order chi connectivity index (χ1) is 11.9. The second-order valence-electron chi connectivity index (χ2n) is 4.78. The van der Waals surface area contributed by atoms with Gasteiger partial charge in [-0.25, -0.2) is 18.4 Å². The van der Waals surface area contributed by atoms with Gasteiger partial charge < -0.3 is 4.74 Å². The largest absolute Gasteiger partial charge is 0.468 e. The lowest BCUT2D eigenvalue weighted by atomic mass is 10.2. The van der Waals surface area contributed by atoms with Gasteiger partial charge in [-0.3, -0.25) is 0 Å². The Balaban J connectivity index is 2.27. The highest BCUT2D eigenvalue weighted by Gasteiger charge is 2.40. The van der Waals surface area contributed by atoms with Gasteiger partial charge in [-0.1, -0.05) is 11.8 Å². The van der Waals surface area contributed by atoms with Crippen molar-refractivity contribution in [1.29, 1.82) is 0 Å². The Bertz CT molecular complexity index is 753. The van der Waals surface area contributed by atoms with E-state index < -0.39 is 48.3 Å². The SMILES string of the molecule is Cn1nc(C(F)(F)F)c(CSc2ncc(C(F)F)s2)c1OCC(F)(F)F. The maximum atomic E-state index is 13.1. The van der Waals surface area contributed by atoms with E-state index in [1.165, 1.54) is 0 Å². The minimum atomic E-state index is -4.93. The molecule has 2 aromatic rings. The van der Waals surface area contributed by atoms with Crippen LogP contribution in [0.2, 0.25) is 0 Å². The summed E-state index contributed by atoms with van der Waals surface area (Å²) in [7, 11) is 1.01. The third-order valence-corrected chi connectivity index (χ3v) is 4.97. The Morgan fingerprint density at radius 1 is 1.23 bits per heavy atom. The van der Waals surface area contributed by atoms with Gasteiger partial charge in [0.05, 0.1) is 10.4 Å². The minimum Gasteiger partial charge on any atom is -0.468 e. The molecule has 0 fully saturated rings. The summed E-state index contributed by atoms with van der Waals surface area (Å²) in [6.07, 6.45) is -11.6. The van der Waals surface area contributed by atoms with E-state index >= 15 is 0 Å². The third-order valence-electron chi connectivity index (χ3n) is 2.79. The first kappa shape index (κ1) is 20.7. The van der Waals surface area contributed by atoms with E-state index in [0.717, 1.165) is 13.2 Å². The number of halogens is 8. The van der Waals surface area contributed by atoms with Crippen LogP contribution in [-0.2, 0) is 19.0 Å². The minimum absolute atomic E-state index is 0.0408. The van der Waals surface area contributed by atoms with E-state index in [1.807, 2.05) is 0 Å². The maximum absolute atomic E-state index is 13.1. The number of aryl methyl sites for hydroxylation is 1. The molecule has 0 radical (unpaired) electrons. The molecule has 0 N–H and O–H groups in total. The van der Waals surface area contributed by atoms with Gasteiger partial charge >= 0.3 is 12.4 Å². The highest BCUT2D eigenvalue weighted by atomic mass is 32.2. The van der Waals surface area contributed by atoms with E-state index in [1.54, 1.807) is 0 Å². The average Bonchev–Trinajstić information content (AvgIpc) is 3.06. The summed E-state index contributed by atoms with van der Waals surface area (Å²) < 4.78 is 106. The molecule has 2 rings (SSSR count). The number of alkyl halides is 8. The van der Waals surface area contributed by atoms with Crippen LogP contribution < -0.4 is 4.74 Å². The standard InChI is InChI=1S/C12H9F8N3OS2/c1-23-9(24-4-11(15,16)17)5(7(22-23)12(18,19)20)3-25-10-21-2-6(26-10)8(13)14/h2,8H,3-4H2,1H3. The number of ether oxygens (including phenoxy) is 1. The van der Waals surface area contributed by atoms with Crippen molar-refractivity contribution in [3.05, 3.63) is 22.3 Å². The molecule has 0 atom stereocenters. The summed E-state index contributed by atoms with van der Waals surface area (Å²) in [5.41, 5.74) is -2.03. The smallest absolute Gasteiger partial charge is 0.435 e. The summed E-state index contributed by atoms with van der Waals surface area (Å²) in [5.74, 6) is -1.21. The number of nitrogens with zero attached hydrogens (tertiary/aromatic N) is 3. The second kappa shape index (κ2) is 7.58. The lowest BCUT2D eigenvalue weighted by molar-refractivity contribution is -0.154. The van der Waals surface area contributed by atoms with Crippen LogP contribution in [0, 0.1) is 0 Å². The van der Waals surface area contributed by atoms with Crippen LogP contribution in [0.25, 0.3) is 0 Å². The molecule has 0 spiro atoms. The topological polar surface area (TPSA) is 39.9 Å². The van der Waals surface area contributed by atoms with Crippen molar-refractivity contribution >= 4 is 23.1 Å². The molecule has 0 aromatic carbocycles. The highest BCUT2D eigenvalue weighted by molar-refractivity contribution is 8.00. The van der Waals surface area contributed by atoms with Crippen molar-refractivity contribution in [3.63, 3.8) is 0 Å². The van der Waals surface area contributed by atoms with Gasteiger partial charge in [0.15, 0.2) is 16.6 Å². The van der Waals surface area contributed by atoms with Crippen LogP contribution in [-0.4, -0.2) is 27.5 Å². The van der Waals surface area contributed by atoms with Crippen LogP contribution in [0.1, 0.15) is 22.6 Å². The summed E-state index contributed by atoms with van der Waals surface area (Å²) in [4.78, 5) is 3.27. The molecule has 0 aliphatic heterocycles. The van der Waals surface area contributed by atoms with Crippen molar-refractivity contribution < 1.29 is 39.9 Å². The van der Waals surface area contributed by atoms with Gasteiger partial charge in [0.1, 0.15) is 0 Å². The lowest BCUT2D eigenvalue weighted by Gasteiger charge is -2.11. The monoisotopic (exact) mass is 427 g/mol. The molecule has 26 heavy (non-hydrogen) atoms. The summed E-state index contributed by atoms with van der Waals surface area (Å²) in [5, 5.41) is 3.18. The Morgan fingerprint density at radius 3 is 2.38 bits per heavy atom. The molecule has 0 saturated carbocycles. The van der Waals surface area contributed by atoms with E-state index in [2.05, 4.69) is 14.8 Å². The Hall–Kier alpha value is -1.57. The van der Waals surface area contributed by atoms with E-state index in [9.17, 15) is 35.1 Å². The molecule has 0 aliphatic carbocycles. The molecule has 0 bridgehead atoms. The second-order valence-corrected chi connectivity index (χ2v) is 7.06. The molecule has 0 amide bonds. The fourth-order valence-corrected chi connectivity index (χ4v) is 3.67. The van der Waals surface area contributed by atoms with Crippen LogP contribution >= 0.6 is 23.1 Å². The summed E-state index contributed by atoms with van der Waals surface area (Å²) >= 11 is 1.24. The molecular weight excluding hydrogens is 418 g/mol. The van der Waals surface area contributed by atoms with E-state index in [-0.39, 0.29) is 9.22 Å². The Labute approximate surface area is 149 Å². The molecule has 0 aliphatic rings. The number of thiazole rings is 1. The molecule has 0 unspecified atom stereocenters. The van der Waals surface area contributed by atoms with Gasteiger partial charge in [0.2, 0.25) is 5.88 Å². The fourth-order valence-electron chi connectivity index (χ4n) is 1.81. The highest BCUT2D eigenvalue weighted by Crippen LogP contribution is 2.40. The van der Waals surface area contributed by atoms with Gasteiger partial charge in [-0.05, 0) is 0 Å². The molecule has 14 heteroatoms. The van der Waals surface area contributed by atoms with Crippen molar-refractivity contribution in [3.8, 4) is 5.88 Å². The van der Waals surface area contributed by atoms with E-state index in [0.29, 0.717) is 27.8 Å². The number of aromatic nitrogens is 3. The normalized spacial score (nSPS) is 12.8. The lowest BCUT2D eigenvalue weighted by Crippen LogP contribution is -2.20. The number of thioether (sulfide) groups is 1. The van der Waals surface area contributed by atoms with Crippen molar-refractivity contribution in [2.75, 3.05) is 6.61 Å². The van der Waals surface area contributed by atoms with Gasteiger partial charge in [0.25, 0.3) is 6.43 Å². The first-order valence-corrected chi connectivity index (χ1v) is 8.38. The zero-order valence-electron chi connectivity index (χ0n) is 12.7. The predicted molar refractivity (Wildman–Crippen MR) is 76.4 cm³/mol. The summed E-state index contributed by atoms with van der Waals surface area (Å²) in [6, 6.07) is 0. The van der Waals surface area contributed by atoms with Gasteiger partial charge in [-0.15, -0.1) is 11.3 Å². The van der Waals surface area contributed by atoms with Crippen molar-refractivity contribution in [2.45, 2.75) is 28.9 Å². The Kier molecular flexibility index (Phi) is 6.05. The van der Waals surface area contributed by atoms with Crippen molar-refractivity contribution in [1.82, 2.24) is 14.8 Å². The zero-order chi connectivity index (χ0) is 19.7. The van der Waals surface area contributed by atoms with E-state index in [4.69, 9.17) is 0 Å². The van der Waals surface area contributed by atoms with Crippen LogP contribution in [0.4, 0.5) is 35.1 Å². The molecule has 0 saturated heterocycles. The molecule has 2 aromatic heterocycles. The fraction of sp³-hybridized carbons (Fsp3) is 0.500.